The molecule has 1 aliphatic carbocycles. The van der Waals surface area contributed by atoms with Crippen molar-refractivity contribution in [2.24, 2.45) is 0 Å². The number of nitriles is 1. The topological polar surface area (TPSA) is 56.6 Å². The molecule has 1 saturated carbocycles. The molecule has 0 spiro atoms. The minimum absolute atomic E-state index is 0.0648. The Bertz CT molecular complexity index is 375. The lowest BCUT2D eigenvalue weighted by molar-refractivity contribution is -0.142. The van der Waals surface area contributed by atoms with Crippen LogP contribution in [-0.2, 0) is 9.53 Å². The first-order chi connectivity index (χ1) is 8.79. The number of nitrogens with zero attached hydrogens (tertiary/aromatic N) is 3. The van der Waals surface area contributed by atoms with Crippen molar-refractivity contribution in [2.45, 2.75) is 43.9 Å². The molecule has 3 rings (SSSR count). The molecule has 3 fully saturated rings. The highest BCUT2D eigenvalue weighted by molar-refractivity contribution is 5.82. The monoisotopic (exact) mass is 249 g/mol. The second-order valence-corrected chi connectivity index (χ2v) is 5.40. The van der Waals surface area contributed by atoms with Crippen LogP contribution in [0.3, 0.4) is 0 Å². The molecule has 2 aliphatic heterocycles. The SMILES string of the molecule is N#CC1CN(C(=O)C2CCCN2C2CC2)CCO1. The van der Waals surface area contributed by atoms with Gasteiger partial charge in [-0.2, -0.15) is 5.26 Å². The number of ether oxygens (including phenoxy) is 1. The summed E-state index contributed by atoms with van der Waals surface area (Å²) in [4.78, 5) is 16.7. The summed E-state index contributed by atoms with van der Waals surface area (Å²) in [5, 5.41) is 8.88. The summed E-state index contributed by atoms with van der Waals surface area (Å²) in [7, 11) is 0. The molecular weight excluding hydrogens is 230 g/mol. The molecule has 2 atom stereocenters. The molecule has 18 heavy (non-hydrogen) atoms. The van der Waals surface area contributed by atoms with E-state index in [-0.39, 0.29) is 11.9 Å². The zero-order valence-electron chi connectivity index (χ0n) is 10.5. The minimum Gasteiger partial charge on any atom is -0.360 e. The van der Waals surface area contributed by atoms with E-state index in [9.17, 15) is 4.79 Å². The van der Waals surface area contributed by atoms with Gasteiger partial charge in [-0.3, -0.25) is 9.69 Å². The van der Waals surface area contributed by atoms with Gasteiger partial charge in [0, 0.05) is 12.6 Å². The molecular formula is C13H19N3O2. The quantitative estimate of drug-likeness (QED) is 0.709. The summed E-state index contributed by atoms with van der Waals surface area (Å²) in [6, 6.07) is 2.81. The van der Waals surface area contributed by atoms with Gasteiger partial charge in [-0.1, -0.05) is 0 Å². The van der Waals surface area contributed by atoms with E-state index in [1.807, 2.05) is 4.90 Å². The van der Waals surface area contributed by atoms with E-state index in [4.69, 9.17) is 10.00 Å². The molecule has 98 valence electrons. The third kappa shape index (κ3) is 2.23. The van der Waals surface area contributed by atoms with E-state index in [1.54, 1.807) is 0 Å². The lowest BCUT2D eigenvalue weighted by Gasteiger charge is -2.34. The lowest BCUT2D eigenvalue weighted by atomic mass is 10.1. The smallest absolute Gasteiger partial charge is 0.240 e. The lowest BCUT2D eigenvalue weighted by Crippen LogP contribution is -2.52. The van der Waals surface area contributed by atoms with Gasteiger partial charge >= 0.3 is 0 Å². The minimum atomic E-state index is -0.446. The van der Waals surface area contributed by atoms with Gasteiger partial charge in [0.15, 0.2) is 6.10 Å². The van der Waals surface area contributed by atoms with Crippen LogP contribution in [0.1, 0.15) is 25.7 Å². The van der Waals surface area contributed by atoms with Crippen LogP contribution in [0.2, 0.25) is 0 Å². The average molecular weight is 249 g/mol. The predicted molar refractivity (Wildman–Crippen MR) is 64.7 cm³/mol. The van der Waals surface area contributed by atoms with Gasteiger partial charge in [-0.25, -0.2) is 0 Å². The highest BCUT2D eigenvalue weighted by Gasteiger charge is 2.42. The normalized spacial score (nSPS) is 33.4. The average Bonchev–Trinajstić information content (AvgIpc) is 3.15. The third-order valence-electron chi connectivity index (χ3n) is 4.12. The van der Waals surface area contributed by atoms with Crippen LogP contribution in [0.25, 0.3) is 0 Å². The summed E-state index contributed by atoms with van der Waals surface area (Å²) in [5.41, 5.74) is 0. The Balaban J connectivity index is 1.64. The maximum atomic E-state index is 12.5. The number of rotatable bonds is 2. The van der Waals surface area contributed by atoms with Crippen molar-refractivity contribution in [3.8, 4) is 6.07 Å². The standard InChI is InChI=1S/C13H19N3O2/c14-8-11-9-15(6-7-18-11)13(17)12-2-1-5-16(12)10-3-4-10/h10-12H,1-7,9H2. The molecule has 5 heteroatoms. The first-order valence-corrected chi connectivity index (χ1v) is 6.85. The van der Waals surface area contributed by atoms with Gasteiger partial charge in [0.25, 0.3) is 0 Å². The summed E-state index contributed by atoms with van der Waals surface area (Å²) >= 11 is 0. The summed E-state index contributed by atoms with van der Waals surface area (Å²) in [6.07, 6.45) is 4.14. The largest absolute Gasteiger partial charge is 0.360 e. The number of hydrogen-bond acceptors (Lipinski definition) is 4. The fourth-order valence-corrected chi connectivity index (χ4v) is 3.04. The molecule has 0 aromatic heterocycles. The van der Waals surface area contributed by atoms with Crippen LogP contribution >= 0.6 is 0 Å². The van der Waals surface area contributed by atoms with Gasteiger partial charge < -0.3 is 9.64 Å². The highest BCUT2D eigenvalue weighted by atomic mass is 16.5. The fraction of sp³-hybridized carbons (Fsp3) is 0.846. The number of likely N-dealkylation sites (tertiary alicyclic amines) is 1. The van der Waals surface area contributed by atoms with Crippen molar-refractivity contribution >= 4 is 5.91 Å². The van der Waals surface area contributed by atoms with Crippen LogP contribution in [0, 0.1) is 11.3 Å². The van der Waals surface area contributed by atoms with Crippen molar-refractivity contribution in [1.29, 1.82) is 5.26 Å². The second kappa shape index (κ2) is 4.87. The number of morpholine rings is 1. The van der Waals surface area contributed by atoms with E-state index in [1.165, 1.54) is 12.8 Å². The van der Waals surface area contributed by atoms with Crippen LogP contribution < -0.4 is 0 Å². The van der Waals surface area contributed by atoms with Gasteiger partial charge in [0.05, 0.1) is 25.3 Å². The molecule has 5 nitrogen and oxygen atoms in total. The van der Waals surface area contributed by atoms with Crippen molar-refractivity contribution in [3.05, 3.63) is 0 Å². The molecule has 2 unspecified atom stereocenters. The van der Waals surface area contributed by atoms with E-state index >= 15 is 0 Å². The maximum Gasteiger partial charge on any atom is 0.240 e. The van der Waals surface area contributed by atoms with E-state index < -0.39 is 6.10 Å². The van der Waals surface area contributed by atoms with Crippen molar-refractivity contribution in [2.75, 3.05) is 26.2 Å². The summed E-state index contributed by atoms with van der Waals surface area (Å²) in [5.74, 6) is 0.211. The molecule has 0 bridgehead atoms. The van der Waals surface area contributed by atoms with Gasteiger partial charge in [0.1, 0.15) is 0 Å². The van der Waals surface area contributed by atoms with Crippen LogP contribution in [0.4, 0.5) is 0 Å². The zero-order valence-corrected chi connectivity index (χ0v) is 10.5. The van der Waals surface area contributed by atoms with Crippen LogP contribution in [0.5, 0.6) is 0 Å². The van der Waals surface area contributed by atoms with E-state index in [0.29, 0.717) is 25.7 Å². The van der Waals surface area contributed by atoms with Gasteiger partial charge in [-0.05, 0) is 32.2 Å². The number of carbonyl (C=O) groups is 1. The van der Waals surface area contributed by atoms with Gasteiger partial charge in [-0.15, -0.1) is 0 Å². The van der Waals surface area contributed by atoms with Crippen molar-refractivity contribution in [1.82, 2.24) is 9.80 Å². The Morgan fingerprint density at radius 2 is 2.11 bits per heavy atom. The molecule has 0 aromatic carbocycles. The van der Waals surface area contributed by atoms with Crippen molar-refractivity contribution < 1.29 is 9.53 Å². The molecule has 2 saturated heterocycles. The van der Waals surface area contributed by atoms with Crippen molar-refractivity contribution in [3.63, 3.8) is 0 Å². The van der Waals surface area contributed by atoms with E-state index in [2.05, 4.69) is 11.0 Å². The molecule has 0 N–H and O–H groups in total. The molecule has 1 amide bonds. The summed E-state index contributed by atoms with van der Waals surface area (Å²) < 4.78 is 5.29. The number of carbonyl (C=O) groups excluding carboxylic acids is 1. The van der Waals surface area contributed by atoms with E-state index in [0.717, 1.165) is 19.4 Å². The Morgan fingerprint density at radius 3 is 2.83 bits per heavy atom. The Morgan fingerprint density at radius 1 is 1.28 bits per heavy atom. The van der Waals surface area contributed by atoms with Crippen LogP contribution in [0.15, 0.2) is 0 Å². The first-order valence-electron chi connectivity index (χ1n) is 6.85. The number of hydrogen-bond donors (Lipinski definition) is 0. The van der Waals surface area contributed by atoms with Crippen LogP contribution in [-0.4, -0.2) is 60.1 Å². The Hall–Kier alpha value is -1.12. The maximum absolute atomic E-state index is 12.5. The Labute approximate surface area is 107 Å². The number of amides is 1. The van der Waals surface area contributed by atoms with Gasteiger partial charge in [0.2, 0.25) is 5.91 Å². The predicted octanol–water partition coefficient (Wildman–Crippen LogP) is 0.364. The molecule has 3 aliphatic rings. The zero-order chi connectivity index (χ0) is 12.5. The first kappa shape index (κ1) is 11.9. The third-order valence-corrected chi connectivity index (χ3v) is 4.12. The molecule has 2 heterocycles. The molecule has 0 radical (unpaired) electrons. The highest BCUT2D eigenvalue weighted by Crippen LogP contribution is 2.34. The second-order valence-electron chi connectivity index (χ2n) is 5.40. The molecule has 0 aromatic rings. The summed E-state index contributed by atoms with van der Waals surface area (Å²) in [6.45, 7) is 2.61. The fourth-order valence-electron chi connectivity index (χ4n) is 3.04. The Kier molecular flexibility index (Phi) is 3.23.